The predicted molar refractivity (Wildman–Crippen MR) is 89.8 cm³/mol. The molecule has 0 aliphatic rings. The number of urea groups is 1. The molecule has 0 rings (SSSR count). The van der Waals surface area contributed by atoms with Gasteiger partial charge in [-0.05, 0) is 25.7 Å². The molecule has 0 aliphatic carbocycles. The van der Waals surface area contributed by atoms with E-state index in [1.54, 1.807) is 6.92 Å². The van der Waals surface area contributed by atoms with E-state index in [9.17, 15) is 30.0 Å². The number of carboxylic acids is 1. The Kier molecular flexibility index (Phi) is 11.3. The van der Waals surface area contributed by atoms with Gasteiger partial charge in [-0.1, -0.05) is 6.92 Å². The maximum atomic E-state index is 11.9. The molecule has 0 bridgehead atoms. The van der Waals surface area contributed by atoms with E-state index in [0.29, 0.717) is 25.8 Å². The molecule has 0 aliphatic heterocycles. The van der Waals surface area contributed by atoms with Crippen molar-refractivity contribution in [2.45, 2.75) is 63.1 Å². The molecule has 0 aromatic carbocycles. The third-order valence-corrected chi connectivity index (χ3v) is 3.90. The second-order valence-electron chi connectivity index (χ2n) is 6.08. The molecule has 0 saturated carbocycles. The first-order valence-electron chi connectivity index (χ1n) is 8.31. The lowest BCUT2D eigenvalue weighted by atomic mass is 10.0. The van der Waals surface area contributed by atoms with Gasteiger partial charge >= 0.3 is 12.0 Å². The van der Waals surface area contributed by atoms with Crippen LogP contribution in [0.3, 0.4) is 0 Å². The Bertz CT molecular complexity index is 411. The summed E-state index contributed by atoms with van der Waals surface area (Å²) in [7, 11) is 1.41. The van der Waals surface area contributed by atoms with Crippen molar-refractivity contribution in [2.75, 3.05) is 20.1 Å². The number of carbonyl (C=O) groups excluding carboxylic acids is 1. The Labute approximate surface area is 147 Å². The molecule has 0 aromatic rings. The molecular weight excluding hydrogens is 334 g/mol. The summed E-state index contributed by atoms with van der Waals surface area (Å²) in [6.07, 6.45) is -4.05. The Morgan fingerprint density at radius 2 is 1.64 bits per heavy atom. The maximum Gasteiger partial charge on any atom is 0.320 e. The fourth-order valence-electron chi connectivity index (χ4n) is 2.11. The number of likely N-dealkylation sites (N-methyl/N-ethyl adjacent to an activating group) is 1. The number of unbranched alkanes of at least 4 members (excludes halogenated alkanes) is 1. The van der Waals surface area contributed by atoms with Crippen LogP contribution in [0, 0.1) is 0 Å². The fourth-order valence-corrected chi connectivity index (χ4v) is 2.11. The van der Waals surface area contributed by atoms with Crippen LogP contribution in [-0.2, 0) is 4.79 Å². The molecule has 5 atom stereocenters. The summed E-state index contributed by atoms with van der Waals surface area (Å²) in [6, 6.07) is -1.40. The van der Waals surface area contributed by atoms with Gasteiger partial charge in [-0.15, -0.1) is 0 Å². The Morgan fingerprint density at radius 1 is 1.08 bits per heavy atom. The molecule has 0 fully saturated rings. The van der Waals surface area contributed by atoms with Gasteiger partial charge in [0, 0.05) is 13.6 Å². The van der Waals surface area contributed by atoms with Gasteiger partial charge in [0.2, 0.25) is 0 Å². The molecule has 0 radical (unpaired) electrons. The van der Waals surface area contributed by atoms with E-state index in [-0.39, 0.29) is 13.0 Å². The summed E-state index contributed by atoms with van der Waals surface area (Å²) < 4.78 is 0. The van der Waals surface area contributed by atoms with Crippen LogP contribution in [0.15, 0.2) is 0 Å². The second kappa shape index (κ2) is 12.0. The Hall–Kier alpha value is -1.46. The number of nitrogens with one attached hydrogen (secondary N) is 1. The third kappa shape index (κ3) is 8.98. The van der Waals surface area contributed by atoms with Crippen molar-refractivity contribution in [1.29, 1.82) is 0 Å². The SMILES string of the molecule is CC[C@@H](O)[C@@H](O)[C@H](O)[C@@H](O)CN(C)C(=O)NCCCC[C@@H](N)C(=O)O. The first-order chi connectivity index (χ1) is 11.6. The number of amides is 2. The zero-order valence-electron chi connectivity index (χ0n) is 14.7. The highest BCUT2D eigenvalue weighted by Crippen LogP contribution is 2.08. The molecule has 0 unspecified atom stereocenters. The van der Waals surface area contributed by atoms with Gasteiger partial charge < -0.3 is 41.5 Å². The van der Waals surface area contributed by atoms with Crippen LogP contribution in [0.25, 0.3) is 0 Å². The van der Waals surface area contributed by atoms with E-state index < -0.39 is 42.5 Å². The number of hydrogen-bond donors (Lipinski definition) is 7. The monoisotopic (exact) mass is 365 g/mol. The Balaban J connectivity index is 4.10. The zero-order valence-corrected chi connectivity index (χ0v) is 14.7. The van der Waals surface area contributed by atoms with Gasteiger partial charge in [0.15, 0.2) is 0 Å². The van der Waals surface area contributed by atoms with Gasteiger partial charge in [0.25, 0.3) is 0 Å². The second-order valence-corrected chi connectivity index (χ2v) is 6.08. The largest absolute Gasteiger partial charge is 0.480 e. The van der Waals surface area contributed by atoms with Crippen LogP contribution < -0.4 is 11.1 Å². The first kappa shape index (κ1) is 23.5. The molecule has 0 heterocycles. The smallest absolute Gasteiger partial charge is 0.320 e. The molecule has 8 N–H and O–H groups in total. The number of nitrogens with two attached hydrogens (primary N) is 1. The van der Waals surface area contributed by atoms with Gasteiger partial charge in [0.1, 0.15) is 24.4 Å². The van der Waals surface area contributed by atoms with Crippen LogP contribution in [0.1, 0.15) is 32.6 Å². The fraction of sp³-hybridized carbons (Fsp3) is 0.867. The van der Waals surface area contributed by atoms with Gasteiger partial charge in [-0.2, -0.15) is 0 Å². The molecule has 10 heteroatoms. The van der Waals surface area contributed by atoms with Crippen molar-refractivity contribution < 1.29 is 35.1 Å². The maximum absolute atomic E-state index is 11.9. The minimum Gasteiger partial charge on any atom is -0.480 e. The van der Waals surface area contributed by atoms with Crippen molar-refractivity contribution in [3.63, 3.8) is 0 Å². The molecule has 10 nitrogen and oxygen atoms in total. The molecule has 0 saturated heterocycles. The standard InChI is InChI=1S/C15H31N3O7/c1-3-10(19)12(21)13(22)11(20)8-18(2)15(25)17-7-5-4-6-9(16)14(23)24/h9-13,19-22H,3-8,16H2,1-2H3,(H,17,25)(H,23,24)/t9-,10-,11+,12-,13-/m1/s1. The van der Waals surface area contributed by atoms with E-state index in [1.165, 1.54) is 7.05 Å². The Morgan fingerprint density at radius 3 is 2.16 bits per heavy atom. The van der Waals surface area contributed by atoms with Crippen LogP contribution in [-0.4, -0.2) is 93.0 Å². The van der Waals surface area contributed by atoms with Crippen LogP contribution in [0.5, 0.6) is 0 Å². The molecule has 2 amide bonds. The number of aliphatic hydroxyl groups is 4. The van der Waals surface area contributed by atoms with E-state index in [1.807, 2.05) is 0 Å². The number of hydrogen-bond acceptors (Lipinski definition) is 7. The zero-order chi connectivity index (χ0) is 19.6. The lowest BCUT2D eigenvalue weighted by Gasteiger charge is -2.28. The molecule has 0 aromatic heterocycles. The third-order valence-electron chi connectivity index (χ3n) is 3.90. The molecule has 148 valence electrons. The lowest BCUT2D eigenvalue weighted by molar-refractivity contribution is -0.138. The molecular formula is C15H31N3O7. The number of rotatable bonds is 12. The average Bonchev–Trinajstić information content (AvgIpc) is 2.58. The first-order valence-corrected chi connectivity index (χ1v) is 8.31. The topological polar surface area (TPSA) is 177 Å². The van der Waals surface area contributed by atoms with Crippen molar-refractivity contribution in [1.82, 2.24) is 10.2 Å². The van der Waals surface area contributed by atoms with E-state index in [2.05, 4.69) is 5.32 Å². The van der Waals surface area contributed by atoms with Crippen molar-refractivity contribution in [3.8, 4) is 0 Å². The van der Waals surface area contributed by atoms with Crippen molar-refractivity contribution in [3.05, 3.63) is 0 Å². The van der Waals surface area contributed by atoms with Gasteiger partial charge in [0.05, 0.1) is 12.6 Å². The highest BCUT2D eigenvalue weighted by Gasteiger charge is 2.30. The lowest BCUT2D eigenvalue weighted by Crippen LogP contribution is -2.50. The van der Waals surface area contributed by atoms with E-state index in [4.69, 9.17) is 10.8 Å². The minimum absolute atomic E-state index is 0.215. The summed E-state index contributed by atoms with van der Waals surface area (Å²) in [4.78, 5) is 23.5. The summed E-state index contributed by atoms with van der Waals surface area (Å²) >= 11 is 0. The van der Waals surface area contributed by atoms with Crippen LogP contribution in [0.2, 0.25) is 0 Å². The number of aliphatic hydroxyl groups excluding tert-OH is 4. The van der Waals surface area contributed by atoms with E-state index in [0.717, 1.165) is 4.90 Å². The van der Waals surface area contributed by atoms with Gasteiger partial charge in [-0.25, -0.2) is 4.79 Å². The van der Waals surface area contributed by atoms with Crippen LogP contribution >= 0.6 is 0 Å². The summed E-state index contributed by atoms with van der Waals surface area (Å²) in [5, 5.41) is 50.0. The predicted octanol–water partition coefficient (Wildman–Crippen LogP) is -1.94. The quantitative estimate of drug-likeness (QED) is 0.195. The van der Waals surface area contributed by atoms with Crippen molar-refractivity contribution in [2.24, 2.45) is 5.73 Å². The molecule has 0 spiro atoms. The van der Waals surface area contributed by atoms with Gasteiger partial charge in [-0.3, -0.25) is 4.79 Å². The average molecular weight is 365 g/mol. The number of carboxylic acid groups (broad SMARTS) is 1. The number of aliphatic carboxylic acids is 1. The summed E-state index contributed by atoms with van der Waals surface area (Å²) in [5.41, 5.74) is 5.36. The normalized spacial score (nSPS) is 17.2. The summed E-state index contributed by atoms with van der Waals surface area (Å²) in [5.74, 6) is -1.06. The van der Waals surface area contributed by atoms with E-state index >= 15 is 0 Å². The summed E-state index contributed by atoms with van der Waals surface area (Å²) in [6.45, 7) is 1.70. The molecule has 25 heavy (non-hydrogen) atoms. The van der Waals surface area contributed by atoms with Crippen LogP contribution in [0.4, 0.5) is 4.79 Å². The highest BCUT2D eigenvalue weighted by molar-refractivity contribution is 5.74. The highest BCUT2D eigenvalue weighted by atomic mass is 16.4. The number of nitrogens with zero attached hydrogens (tertiary/aromatic N) is 1. The van der Waals surface area contributed by atoms with Crippen molar-refractivity contribution >= 4 is 12.0 Å². The number of carbonyl (C=O) groups is 2. The minimum atomic E-state index is -1.58.